The van der Waals surface area contributed by atoms with Crippen LogP contribution in [0.25, 0.3) is 0 Å². The first-order valence-corrected chi connectivity index (χ1v) is 8.15. The lowest BCUT2D eigenvalue weighted by atomic mass is 9.66. The second kappa shape index (κ2) is 5.97. The lowest BCUT2D eigenvalue weighted by molar-refractivity contribution is 0.127. The standard InChI is InChI=1S/C17H26BrN/c1-17(2,3)14-6-9-16(19)13(11-14)10-12-4-7-15(18)8-5-12/h4-5,7-8,13-14,16H,6,9-11,19H2,1-3H3. The molecule has 0 radical (unpaired) electrons. The third-order valence-corrected chi connectivity index (χ3v) is 5.21. The van der Waals surface area contributed by atoms with E-state index in [0.717, 1.165) is 16.8 Å². The maximum atomic E-state index is 6.35. The zero-order valence-electron chi connectivity index (χ0n) is 12.3. The molecule has 2 N–H and O–H groups in total. The van der Waals surface area contributed by atoms with E-state index in [1.165, 1.54) is 24.8 Å². The van der Waals surface area contributed by atoms with E-state index in [-0.39, 0.29) is 0 Å². The summed E-state index contributed by atoms with van der Waals surface area (Å²) in [7, 11) is 0. The molecule has 2 rings (SSSR count). The maximum absolute atomic E-state index is 6.35. The average molecular weight is 324 g/mol. The van der Waals surface area contributed by atoms with E-state index in [9.17, 15) is 0 Å². The fourth-order valence-corrected chi connectivity index (χ4v) is 3.50. The van der Waals surface area contributed by atoms with Crippen LogP contribution in [0.15, 0.2) is 28.7 Å². The van der Waals surface area contributed by atoms with Crippen molar-refractivity contribution in [2.24, 2.45) is 23.0 Å². The Balaban J connectivity index is 2.03. The van der Waals surface area contributed by atoms with Crippen molar-refractivity contribution in [1.82, 2.24) is 0 Å². The van der Waals surface area contributed by atoms with Gasteiger partial charge >= 0.3 is 0 Å². The van der Waals surface area contributed by atoms with Gasteiger partial charge in [0.2, 0.25) is 0 Å². The molecule has 3 unspecified atom stereocenters. The molecule has 1 aliphatic carbocycles. The van der Waals surface area contributed by atoms with Gasteiger partial charge in [0.15, 0.2) is 0 Å². The fraction of sp³-hybridized carbons (Fsp3) is 0.647. The van der Waals surface area contributed by atoms with Crippen molar-refractivity contribution < 1.29 is 0 Å². The average Bonchev–Trinajstić information content (AvgIpc) is 2.33. The van der Waals surface area contributed by atoms with Crippen LogP contribution in [0.4, 0.5) is 0 Å². The molecule has 0 bridgehead atoms. The second-order valence-corrected chi connectivity index (χ2v) is 8.05. The minimum Gasteiger partial charge on any atom is -0.327 e. The molecule has 1 saturated carbocycles. The zero-order chi connectivity index (χ0) is 14.0. The summed E-state index contributed by atoms with van der Waals surface area (Å²) in [5.41, 5.74) is 8.18. The van der Waals surface area contributed by atoms with Crippen LogP contribution in [0.2, 0.25) is 0 Å². The van der Waals surface area contributed by atoms with Gasteiger partial charge in [0.25, 0.3) is 0 Å². The molecule has 1 aromatic carbocycles. The van der Waals surface area contributed by atoms with Crippen LogP contribution in [0.3, 0.4) is 0 Å². The number of halogens is 1. The van der Waals surface area contributed by atoms with E-state index in [1.807, 2.05) is 0 Å². The first-order chi connectivity index (χ1) is 8.86. The molecule has 1 fully saturated rings. The largest absolute Gasteiger partial charge is 0.327 e. The summed E-state index contributed by atoms with van der Waals surface area (Å²) in [5, 5.41) is 0. The van der Waals surface area contributed by atoms with Crippen molar-refractivity contribution >= 4 is 15.9 Å². The molecule has 0 spiro atoms. The smallest absolute Gasteiger partial charge is 0.0175 e. The van der Waals surface area contributed by atoms with Gasteiger partial charge in [-0.2, -0.15) is 0 Å². The van der Waals surface area contributed by atoms with E-state index >= 15 is 0 Å². The molecule has 19 heavy (non-hydrogen) atoms. The highest BCUT2D eigenvalue weighted by atomic mass is 79.9. The van der Waals surface area contributed by atoms with E-state index in [2.05, 4.69) is 61.0 Å². The summed E-state index contributed by atoms with van der Waals surface area (Å²) >= 11 is 3.49. The Hall–Kier alpha value is -0.340. The predicted molar refractivity (Wildman–Crippen MR) is 86.1 cm³/mol. The van der Waals surface area contributed by atoms with Crippen LogP contribution in [0, 0.1) is 17.3 Å². The maximum Gasteiger partial charge on any atom is 0.0175 e. The normalized spacial score (nSPS) is 28.4. The Morgan fingerprint density at radius 1 is 1.16 bits per heavy atom. The number of benzene rings is 1. The summed E-state index contributed by atoms with van der Waals surface area (Å²) in [4.78, 5) is 0. The first kappa shape index (κ1) is 15.1. The molecule has 1 aliphatic rings. The Morgan fingerprint density at radius 2 is 1.79 bits per heavy atom. The van der Waals surface area contributed by atoms with Crippen molar-refractivity contribution in [3.8, 4) is 0 Å². The monoisotopic (exact) mass is 323 g/mol. The van der Waals surface area contributed by atoms with E-state index in [4.69, 9.17) is 5.73 Å². The van der Waals surface area contributed by atoms with Crippen LogP contribution in [-0.4, -0.2) is 6.04 Å². The lowest BCUT2D eigenvalue weighted by Crippen LogP contribution is -2.40. The van der Waals surface area contributed by atoms with Crippen molar-refractivity contribution in [2.45, 2.75) is 52.5 Å². The predicted octanol–water partition coefficient (Wildman–Crippen LogP) is 4.78. The van der Waals surface area contributed by atoms with Gasteiger partial charge in [0, 0.05) is 10.5 Å². The fourth-order valence-electron chi connectivity index (χ4n) is 3.23. The minimum absolute atomic E-state index is 0.377. The molecular formula is C17H26BrN. The van der Waals surface area contributed by atoms with Gasteiger partial charge in [-0.25, -0.2) is 0 Å². The van der Waals surface area contributed by atoms with Gasteiger partial charge in [-0.1, -0.05) is 48.8 Å². The lowest BCUT2D eigenvalue weighted by Gasteiger charge is -2.40. The molecule has 0 aromatic heterocycles. The van der Waals surface area contributed by atoms with E-state index < -0.39 is 0 Å². The highest BCUT2D eigenvalue weighted by Gasteiger charge is 2.34. The van der Waals surface area contributed by atoms with Crippen molar-refractivity contribution in [1.29, 1.82) is 0 Å². The number of hydrogen-bond acceptors (Lipinski definition) is 1. The van der Waals surface area contributed by atoms with Gasteiger partial charge in [-0.05, 0) is 60.6 Å². The summed E-state index contributed by atoms with van der Waals surface area (Å²) in [5.74, 6) is 1.45. The van der Waals surface area contributed by atoms with Crippen molar-refractivity contribution in [3.05, 3.63) is 34.3 Å². The molecule has 0 saturated heterocycles. The summed E-state index contributed by atoms with van der Waals surface area (Å²) in [6.07, 6.45) is 4.88. The molecular weight excluding hydrogens is 298 g/mol. The van der Waals surface area contributed by atoms with Crippen LogP contribution < -0.4 is 5.73 Å². The molecule has 0 aliphatic heterocycles. The molecule has 2 heteroatoms. The third kappa shape index (κ3) is 4.06. The highest BCUT2D eigenvalue weighted by Crippen LogP contribution is 2.40. The van der Waals surface area contributed by atoms with Crippen molar-refractivity contribution in [2.75, 3.05) is 0 Å². The van der Waals surface area contributed by atoms with Crippen LogP contribution in [0.5, 0.6) is 0 Å². The number of rotatable bonds is 2. The third-order valence-electron chi connectivity index (χ3n) is 4.68. The van der Waals surface area contributed by atoms with Gasteiger partial charge in [-0.3, -0.25) is 0 Å². The molecule has 106 valence electrons. The Bertz CT molecular complexity index is 404. The highest BCUT2D eigenvalue weighted by molar-refractivity contribution is 9.10. The van der Waals surface area contributed by atoms with Crippen molar-refractivity contribution in [3.63, 3.8) is 0 Å². The van der Waals surface area contributed by atoms with Gasteiger partial charge in [-0.15, -0.1) is 0 Å². The summed E-state index contributed by atoms with van der Waals surface area (Å²) in [6.45, 7) is 7.10. The molecule has 0 amide bonds. The zero-order valence-corrected chi connectivity index (χ0v) is 13.9. The van der Waals surface area contributed by atoms with Crippen LogP contribution >= 0.6 is 15.9 Å². The van der Waals surface area contributed by atoms with Gasteiger partial charge in [0.05, 0.1) is 0 Å². The Labute approximate surface area is 126 Å². The van der Waals surface area contributed by atoms with Gasteiger partial charge in [0.1, 0.15) is 0 Å². The SMILES string of the molecule is CC(C)(C)C1CCC(N)C(Cc2ccc(Br)cc2)C1. The van der Waals surface area contributed by atoms with Gasteiger partial charge < -0.3 is 5.73 Å². The van der Waals surface area contributed by atoms with E-state index in [0.29, 0.717) is 17.4 Å². The molecule has 3 atom stereocenters. The minimum atomic E-state index is 0.377. The molecule has 1 aromatic rings. The number of nitrogens with two attached hydrogens (primary N) is 1. The Kier molecular flexibility index (Phi) is 4.73. The molecule has 0 heterocycles. The number of hydrogen-bond donors (Lipinski definition) is 1. The quantitative estimate of drug-likeness (QED) is 0.832. The second-order valence-electron chi connectivity index (χ2n) is 7.13. The van der Waals surface area contributed by atoms with Crippen LogP contribution in [0.1, 0.15) is 45.6 Å². The summed E-state index contributed by atoms with van der Waals surface area (Å²) < 4.78 is 1.15. The summed E-state index contributed by atoms with van der Waals surface area (Å²) in [6, 6.07) is 9.08. The van der Waals surface area contributed by atoms with E-state index in [1.54, 1.807) is 0 Å². The topological polar surface area (TPSA) is 26.0 Å². The molecule has 1 nitrogen and oxygen atoms in total. The van der Waals surface area contributed by atoms with Crippen LogP contribution in [-0.2, 0) is 6.42 Å². The first-order valence-electron chi connectivity index (χ1n) is 7.36. The Morgan fingerprint density at radius 3 is 2.37 bits per heavy atom.